The summed E-state index contributed by atoms with van der Waals surface area (Å²) in [6.07, 6.45) is 5.51. The molecule has 0 saturated carbocycles. The van der Waals surface area contributed by atoms with E-state index in [1.165, 1.54) is 18.4 Å². The van der Waals surface area contributed by atoms with Gasteiger partial charge in [0.2, 0.25) is 5.91 Å². The van der Waals surface area contributed by atoms with Crippen molar-refractivity contribution in [2.75, 3.05) is 13.7 Å². The zero-order chi connectivity index (χ0) is 14.5. The Labute approximate surface area is 120 Å². The SMILES string of the molecule is COC(=O)c1ccc(C=CCN2C(=O)CC[C@@H]2C=O)s1. The summed E-state index contributed by atoms with van der Waals surface area (Å²) in [5.41, 5.74) is 0. The highest BCUT2D eigenvalue weighted by Crippen LogP contribution is 2.20. The van der Waals surface area contributed by atoms with Crippen LogP contribution >= 0.6 is 11.3 Å². The average Bonchev–Trinajstić information content (AvgIpc) is 3.06. The van der Waals surface area contributed by atoms with Crippen LogP contribution in [0.3, 0.4) is 0 Å². The van der Waals surface area contributed by atoms with E-state index in [1.807, 2.05) is 18.2 Å². The number of rotatable bonds is 5. The van der Waals surface area contributed by atoms with E-state index in [4.69, 9.17) is 0 Å². The van der Waals surface area contributed by atoms with Crippen molar-refractivity contribution in [1.82, 2.24) is 4.90 Å². The molecule has 20 heavy (non-hydrogen) atoms. The van der Waals surface area contributed by atoms with Gasteiger partial charge in [0.25, 0.3) is 0 Å². The lowest BCUT2D eigenvalue weighted by Gasteiger charge is -2.18. The van der Waals surface area contributed by atoms with Crippen LogP contribution in [0.1, 0.15) is 27.4 Å². The molecule has 2 rings (SSSR count). The summed E-state index contributed by atoms with van der Waals surface area (Å²) < 4.78 is 4.63. The first-order valence-electron chi connectivity index (χ1n) is 6.25. The Morgan fingerprint density at radius 2 is 2.35 bits per heavy atom. The lowest BCUT2D eigenvalue weighted by molar-refractivity contribution is -0.130. The van der Waals surface area contributed by atoms with Gasteiger partial charge in [0, 0.05) is 17.8 Å². The highest BCUT2D eigenvalue weighted by Gasteiger charge is 2.29. The van der Waals surface area contributed by atoms with Crippen molar-refractivity contribution in [2.45, 2.75) is 18.9 Å². The van der Waals surface area contributed by atoms with Crippen LogP contribution in [0.2, 0.25) is 0 Å². The van der Waals surface area contributed by atoms with E-state index in [9.17, 15) is 14.4 Å². The normalized spacial score (nSPS) is 18.8. The lowest BCUT2D eigenvalue weighted by Crippen LogP contribution is -2.33. The van der Waals surface area contributed by atoms with Crippen molar-refractivity contribution in [2.24, 2.45) is 0 Å². The minimum Gasteiger partial charge on any atom is -0.465 e. The molecule has 0 aliphatic carbocycles. The molecule has 6 heteroatoms. The molecular formula is C14H15NO4S. The summed E-state index contributed by atoms with van der Waals surface area (Å²) in [5, 5.41) is 0. The van der Waals surface area contributed by atoms with Crippen LogP contribution in [-0.2, 0) is 14.3 Å². The molecule has 0 unspecified atom stereocenters. The average molecular weight is 293 g/mol. The van der Waals surface area contributed by atoms with E-state index < -0.39 is 0 Å². The third kappa shape index (κ3) is 3.14. The number of nitrogens with zero attached hydrogens (tertiary/aromatic N) is 1. The van der Waals surface area contributed by atoms with Crippen molar-refractivity contribution >= 4 is 35.6 Å². The first-order valence-corrected chi connectivity index (χ1v) is 7.07. The molecule has 0 N–H and O–H groups in total. The number of carbonyl (C=O) groups is 3. The van der Waals surface area contributed by atoms with Gasteiger partial charge in [-0.2, -0.15) is 0 Å². The van der Waals surface area contributed by atoms with Crippen LogP contribution in [0.4, 0.5) is 0 Å². The van der Waals surface area contributed by atoms with Crippen molar-refractivity contribution < 1.29 is 19.1 Å². The monoisotopic (exact) mass is 293 g/mol. The number of methoxy groups -OCH3 is 1. The van der Waals surface area contributed by atoms with Crippen LogP contribution in [0.25, 0.3) is 6.08 Å². The minimum absolute atomic E-state index is 0.00757. The van der Waals surface area contributed by atoms with Crippen LogP contribution in [0.5, 0.6) is 0 Å². The number of likely N-dealkylation sites (tertiary alicyclic amines) is 1. The fraction of sp³-hybridized carbons (Fsp3) is 0.357. The summed E-state index contributed by atoms with van der Waals surface area (Å²) in [6, 6.07) is 3.21. The number of carbonyl (C=O) groups excluding carboxylic acids is 3. The number of aldehydes is 1. The maximum absolute atomic E-state index is 11.6. The second-order valence-electron chi connectivity index (χ2n) is 4.38. The highest BCUT2D eigenvalue weighted by atomic mass is 32.1. The zero-order valence-electron chi connectivity index (χ0n) is 11.1. The van der Waals surface area contributed by atoms with E-state index in [0.717, 1.165) is 11.2 Å². The molecule has 106 valence electrons. The Morgan fingerprint density at radius 1 is 1.55 bits per heavy atom. The molecular weight excluding hydrogens is 278 g/mol. The molecule has 1 atom stereocenters. The predicted molar refractivity (Wildman–Crippen MR) is 75.5 cm³/mol. The molecule has 5 nitrogen and oxygen atoms in total. The van der Waals surface area contributed by atoms with Gasteiger partial charge in [-0.3, -0.25) is 4.79 Å². The predicted octanol–water partition coefficient (Wildman–Crippen LogP) is 1.74. The highest BCUT2D eigenvalue weighted by molar-refractivity contribution is 7.14. The molecule has 1 aliphatic rings. The summed E-state index contributed by atoms with van der Waals surface area (Å²) in [5.74, 6) is -0.349. The van der Waals surface area contributed by atoms with Gasteiger partial charge in [-0.15, -0.1) is 11.3 Å². The summed E-state index contributed by atoms with van der Waals surface area (Å²) in [7, 11) is 1.34. The minimum atomic E-state index is -0.356. The quantitative estimate of drug-likeness (QED) is 0.613. The van der Waals surface area contributed by atoms with Gasteiger partial charge >= 0.3 is 5.97 Å². The number of hydrogen-bond acceptors (Lipinski definition) is 5. The van der Waals surface area contributed by atoms with E-state index in [2.05, 4.69) is 4.74 Å². The molecule has 1 fully saturated rings. The lowest BCUT2D eigenvalue weighted by atomic mass is 10.2. The Morgan fingerprint density at radius 3 is 3.05 bits per heavy atom. The van der Waals surface area contributed by atoms with Gasteiger partial charge in [0.15, 0.2) is 0 Å². The Bertz CT molecular complexity index is 549. The molecule has 0 bridgehead atoms. The largest absolute Gasteiger partial charge is 0.465 e. The molecule has 1 aromatic heterocycles. The Hall–Kier alpha value is -1.95. The summed E-state index contributed by atoms with van der Waals surface area (Å²) in [6.45, 7) is 0.410. The van der Waals surface area contributed by atoms with E-state index in [0.29, 0.717) is 24.3 Å². The van der Waals surface area contributed by atoms with Crippen molar-refractivity contribution in [3.05, 3.63) is 28.0 Å². The standard InChI is InChI=1S/C14H15NO4S/c1-19-14(18)12-6-5-11(20-12)3-2-8-15-10(9-16)4-7-13(15)17/h2-3,5-6,9-10H,4,7-8H2,1H3/t10-/m1/s1. The Kier molecular flexibility index (Phi) is 4.68. The number of ether oxygens (including phenoxy) is 1. The van der Waals surface area contributed by atoms with Gasteiger partial charge < -0.3 is 14.4 Å². The van der Waals surface area contributed by atoms with E-state index in [-0.39, 0.29) is 17.9 Å². The molecule has 1 aromatic rings. The molecule has 0 radical (unpaired) electrons. The van der Waals surface area contributed by atoms with Crippen molar-refractivity contribution in [3.63, 3.8) is 0 Å². The smallest absolute Gasteiger partial charge is 0.348 e. The van der Waals surface area contributed by atoms with E-state index in [1.54, 1.807) is 11.0 Å². The second kappa shape index (κ2) is 6.47. The topological polar surface area (TPSA) is 63.7 Å². The number of amides is 1. The number of esters is 1. The zero-order valence-corrected chi connectivity index (χ0v) is 11.9. The third-order valence-electron chi connectivity index (χ3n) is 3.13. The van der Waals surface area contributed by atoms with Crippen LogP contribution in [0, 0.1) is 0 Å². The van der Waals surface area contributed by atoms with Gasteiger partial charge in [-0.25, -0.2) is 4.79 Å². The fourth-order valence-electron chi connectivity index (χ4n) is 2.07. The number of hydrogen-bond donors (Lipinski definition) is 0. The molecule has 1 aliphatic heterocycles. The first-order chi connectivity index (χ1) is 9.65. The molecule has 0 spiro atoms. The maximum atomic E-state index is 11.6. The van der Waals surface area contributed by atoms with E-state index >= 15 is 0 Å². The van der Waals surface area contributed by atoms with Gasteiger partial charge in [-0.05, 0) is 24.6 Å². The molecule has 0 aromatic carbocycles. The molecule has 1 saturated heterocycles. The number of thiophene rings is 1. The van der Waals surface area contributed by atoms with Crippen molar-refractivity contribution in [1.29, 1.82) is 0 Å². The Balaban J connectivity index is 1.96. The van der Waals surface area contributed by atoms with Gasteiger partial charge in [0.05, 0.1) is 13.2 Å². The van der Waals surface area contributed by atoms with Crippen molar-refractivity contribution in [3.8, 4) is 0 Å². The third-order valence-corrected chi connectivity index (χ3v) is 4.16. The van der Waals surface area contributed by atoms with Gasteiger partial charge in [0.1, 0.15) is 11.2 Å². The van der Waals surface area contributed by atoms with Crippen LogP contribution in [-0.4, -0.2) is 42.8 Å². The summed E-state index contributed by atoms with van der Waals surface area (Å²) in [4.78, 5) is 36.7. The van der Waals surface area contributed by atoms with Gasteiger partial charge in [-0.1, -0.05) is 6.08 Å². The summed E-state index contributed by atoms with van der Waals surface area (Å²) >= 11 is 1.32. The molecule has 2 heterocycles. The fourth-order valence-corrected chi connectivity index (χ4v) is 2.93. The van der Waals surface area contributed by atoms with Crippen LogP contribution in [0.15, 0.2) is 18.2 Å². The van der Waals surface area contributed by atoms with Crippen LogP contribution < -0.4 is 0 Å². The molecule has 1 amide bonds. The maximum Gasteiger partial charge on any atom is 0.348 e. The second-order valence-corrected chi connectivity index (χ2v) is 5.50. The first kappa shape index (κ1) is 14.5.